The lowest BCUT2D eigenvalue weighted by atomic mass is 10.0. The summed E-state index contributed by atoms with van der Waals surface area (Å²) in [5.41, 5.74) is 11.2. The predicted octanol–water partition coefficient (Wildman–Crippen LogP) is -2.47. The highest BCUT2D eigenvalue weighted by Gasteiger charge is 2.28. The van der Waals surface area contributed by atoms with Crippen LogP contribution < -0.4 is 27.4 Å². The van der Waals surface area contributed by atoms with E-state index in [0.717, 1.165) is 0 Å². The molecule has 12 heteroatoms. The lowest BCUT2D eigenvalue weighted by Crippen LogP contribution is -2.55. The van der Waals surface area contributed by atoms with Gasteiger partial charge in [0.15, 0.2) is 0 Å². The Morgan fingerprint density at radius 1 is 1.00 bits per heavy atom. The molecule has 0 aliphatic rings. The van der Waals surface area contributed by atoms with E-state index in [4.69, 9.17) is 16.6 Å². The summed E-state index contributed by atoms with van der Waals surface area (Å²) in [6, 6.07) is 5.08. The van der Waals surface area contributed by atoms with Gasteiger partial charge in [-0.15, -0.1) is 0 Å². The Labute approximate surface area is 178 Å². The molecule has 1 rings (SSSR count). The maximum Gasteiger partial charge on any atom is 0.326 e. The Balaban J connectivity index is 2.86. The van der Waals surface area contributed by atoms with Crippen molar-refractivity contribution >= 4 is 42.2 Å². The molecule has 0 saturated carbocycles. The van der Waals surface area contributed by atoms with Crippen LogP contribution in [-0.2, 0) is 30.4 Å². The molecule has 0 saturated heterocycles. The minimum absolute atomic E-state index is 0.0470. The number of thiol groups is 1. The molecule has 0 aromatic heterocycles. The smallest absolute Gasteiger partial charge is 0.326 e. The van der Waals surface area contributed by atoms with E-state index in [0.29, 0.717) is 5.56 Å². The van der Waals surface area contributed by atoms with E-state index in [1.54, 1.807) is 30.3 Å². The maximum atomic E-state index is 12.6. The van der Waals surface area contributed by atoms with Crippen molar-refractivity contribution in [2.45, 2.75) is 31.0 Å². The molecule has 0 aliphatic heterocycles. The number of aliphatic carboxylic acids is 1. The summed E-state index contributed by atoms with van der Waals surface area (Å²) >= 11 is 3.89. The molecule has 11 nitrogen and oxygen atoms in total. The summed E-state index contributed by atoms with van der Waals surface area (Å²) in [5, 5.41) is 16.1. The average molecular weight is 439 g/mol. The first kappa shape index (κ1) is 24.9. The molecule has 1 aromatic rings. The zero-order valence-electron chi connectivity index (χ0n) is 16.0. The van der Waals surface area contributed by atoms with E-state index in [1.165, 1.54) is 0 Å². The summed E-state index contributed by atoms with van der Waals surface area (Å²) in [6.07, 6.45) is -0.559. The maximum absolute atomic E-state index is 12.6. The Hall–Kier alpha value is -3.12. The summed E-state index contributed by atoms with van der Waals surface area (Å²) in [5.74, 6) is -4.36. The molecule has 30 heavy (non-hydrogen) atoms. The molecule has 0 radical (unpaired) electrons. The van der Waals surface area contributed by atoms with Crippen LogP contribution in [0.4, 0.5) is 0 Å². The van der Waals surface area contributed by atoms with Crippen molar-refractivity contribution < 1.29 is 29.1 Å². The molecule has 0 spiro atoms. The normalized spacial score (nSPS) is 13.4. The van der Waals surface area contributed by atoms with Crippen molar-refractivity contribution in [1.82, 2.24) is 16.0 Å². The van der Waals surface area contributed by atoms with E-state index in [1.807, 2.05) is 0 Å². The van der Waals surface area contributed by atoms with Gasteiger partial charge in [-0.05, 0) is 5.56 Å². The van der Waals surface area contributed by atoms with Gasteiger partial charge < -0.3 is 32.5 Å². The monoisotopic (exact) mass is 439 g/mol. The van der Waals surface area contributed by atoms with E-state index < -0.39 is 60.7 Å². The van der Waals surface area contributed by atoms with Gasteiger partial charge in [-0.1, -0.05) is 30.3 Å². The summed E-state index contributed by atoms with van der Waals surface area (Å²) in [6.45, 7) is -0.442. The number of amides is 4. The molecule has 164 valence electrons. The molecule has 3 unspecified atom stereocenters. The van der Waals surface area contributed by atoms with Crippen LogP contribution in [0, 0.1) is 0 Å². The minimum Gasteiger partial charge on any atom is -0.480 e. The van der Waals surface area contributed by atoms with Crippen LogP contribution >= 0.6 is 12.6 Å². The second-order valence-corrected chi connectivity index (χ2v) is 6.75. The molecule has 4 amide bonds. The predicted molar refractivity (Wildman–Crippen MR) is 110 cm³/mol. The second-order valence-electron chi connectivity index (χ2n) is 6.39. The van der Waals surface area contributed by atoms with Crippen LogP contribution in [-0.4, -0.2) is 65.1 Å². The van der Waals surface area contributed by atoms with E-state index in [2.05, 4.69) is 28.6 Å². The molecule has 0 fully saturated rings. The van der Waals surface area contributed by atoms with Crippen molar-refractivity contribution in [2.75, 3.05) is 12.3 Å². The third-order valence-corrected chi connectivity index (χ3v) is 4.30. The zero-order chi connectivity index (χ0) is 22.7. The lowest BCUT2D eigenvalue weighted by molar-refractivity contribution is -0.143. The number of carbonyl (C=O) groups is 5. The van der Waals surface area contributed by atoms with Gasteiger partial charge in [0.2, 0.25) is 23.6 Å². The average Bonchev–Trinajstić information content (AvgIpc) is 2.70. The van der Waals surface area contributed by atoms with Crippen LogP contribution in [0.25, 0.3) is 0 Å². The van der Waals surface area contributed by atoms with Gasteiger partial charge >= 0.3 is 5.97 Å². The number of benzene rings is 1. The summed E-state index contributed by atoms with van der Waals surface area (Å²) in [7, 11) is 0. The molecular weight excluding hydrogens is 414 g/mol. The van der Waals surface area contributed by atoms with Crippen LogP contribution in [0.1, 0.15) is 12.0 Å². The molecular formula is C18H25N5O6S. The highest BCUT2D eigenvalue weighted by atomic mass is 32.1. The van der Waals surface area contributed by atoms with Gasteiger partial charge in [0, 0.05) is 12.2 Å². The number of primary amides is 1. The quantitative estimate of drug-likeness (QED) is 0.175. The van der Waals surface area contributed by atoms with Crippen LogP contribution in [0.15, 0.2) is 30.3 Å². The number of nitrogens with two attached hydrogens (primary N) is 2. The molecule has 8 N–H and O–H groups in total. The van der Waals surface area contributed by atoms with E-state index in [-0.39, 0.29) is 12.2 Å². The van der Waals surface area contributed by atoms with Crippen molar-refractivity contribution in [3.63, 3.8) is 0 Å². The Bertz CT molecular complexity index is 776. The third kappa shape index (κ3) is 8.92. The number of carboxylic acids is 1. The van der Waals surface area contributed by atoms with Crippen molar-refractivity contribution in [1.29, 1.82) is 0 Å². The van der Waals surface area contributed by atoms with Gasteiger partial charge in [-0.2, -0.15) is 12.6 Å². The SMILES string of the molecule is NC(=O)CC(NC(=O)C(Cc1ccccc1)NC(=O)CNC(=O)C(N)CS)C(=O)O. The molecule has 0 bridgehead atoms. The largest absolute Gasteiger partial charge is 0.480 e. The summed E-state index contributed by atoms with van der Waals surface area (Å²) < 4.78 is 0. The van der Waals surface area contributed by atoms with Gasteiger partial charge in [0.05, 0.1) is 19.0 Å². The number of rotatable bonds is 12. The van der Waals surface area contributed by atoms with Crippen LogP contribution in [0.2, 0.25) is 0 Å². The Morgan fingerprint density at radius 3 is 2.17 bits per heavy atom. The lowest BCUT2D eigenvalue weighted by Gasteiger charge is -2.21. The van der Waals surface area contributed by atoms with Gasteiger partial charge in [0.25, 0.3) is 0 Å². The van der Waals surface area contributed by atoms with Crippen LogP contribution in [0.3, 0.4) is 0 Å². The van der Waals surface area contributed by atoms with Crippen molar-refractivity contribution in [3.8, 4) is 0 Å². The minimum atomic E-state index is -1.54. The first-order chi connectivity index (χ1) is 14.1. The highest BCUT2D eigenvalue weighted by Crippen LogP contribution is 2.05. The standard InChI is InChI=1S/C18H25N5O6S/c19-11(9-30)16(26)21-8-15(25)22-12(6-10-4-2-1-3-5-10)17(27)23-13(18(28)29)7-14(20)24/h1-5,11-13,30H,6-9,19H2,(H2,20,24)(H,21,26)(H,22,25)(H,23,27)(H,28,29). The van der Waals surface area contributed by atoms with Crippen molar-refractivity contribution in [3.05, 3.63) is 35.9 Å². The molecule has 0 heterocycles. The third-order valence-electron chi connectivity index (χ3n) is 3.91. The van der Waals surface area contributed by atoms with Gasteiger partial charge in [0.1, 0.15) is 12.1 Å². The zero-order valence-corrected chi connectivity index (χ0v) is 16.9. The summed E-state index contributed by atoms with van der Waals surface area (Å²) in [4.78, 5) is 58.8. The van der Waals surface area contributed by atoms with Gasteiger partial charge in [-0.25, -0.2) is 4.79 Å². The Kier molecular flexibility index (Phi) is 10.3. The van der Waals surface area contributed by atoms with Crippen LogP contribution in [0.5, 0.6) is 0 Å². The highest BCUT2D eigenvalue weighted by molar-refractivity contribution is 7.80. The van der Waals surface area contributed by atoms with E-state index >= 15 is 0 Å². The fourth-order valence-electron chi connectivity index (χ4n) is 2.36. The first-order valence-corrected chi connectivity index (χ1v) is 9.56. The molecule has 1 aromatic carbocycles. The molecule has 0 aliphatic carbocycles. The number of carboxylic acid groups (broad SMARTS) is 1. The van der Waals surface area contributed by atoms with E-state index in [9.17, 15) is 24.0 Å². The number of hydrogen-bond acceptors (Lipinski definition) is 7. The topological polar surface area (TPSA) is 194 Å². The van der Waals surface area contributed by atoms with Crippen molar-refractivity contribution in [2.24, 2.45) is 11.5 Å². The fourth-order valence-corrected chi connectivity index (χ4v) is 2.53. The Morgan fingerprint density at radius 2 is 1.63 bits per heavy atom. The number of nitrogens with one attached hydrogen (secondary N) is 3. The fraction of sp³-hybridized carbons (Fsp3) is 0.389. The van der Waals surface area contributed by atoms with Gasteiger partial charge in [-0.3, -0.25) is 19.2 Å². The first-order valence-electron chi connectivity index (χ1n) is 8.93. The second kappa shape index (κ2) is 12.4. The molecule has 3 atom stereocenters. The number of hydrogen-bond donors (Lipinski definition) is 7. The number of carbonyl (C=O) groups excluding carboxylic acids is 4.